The lowest BCUT2D eigenvalue weighted by molar-refractivity contribution is -0.136. The van der Waals surface area contributed by atoms with Crippen LogP contribution in [0.1, 0.15) is 65.9 Å². The number of ketones is 3. The summed E-state index contributed by atoms with van der Waals surface area (Å²) in [5.41, 5.74) is -0.120. The molecule has 0 saturated carbocycles. The number of fused-ring (bicyclic) bond motifs is 7. The first kappa shape index (κ1) is 32.1. The summed E-state index contributed by atoms with van der Waals surface area (Å²) in [6.07, 6.45) is 2.32. The maximum Gasteiger partial charge on any atom is 0.250 e. The molecule has 3 aliphatic heterocycles. The van der Waals surface area contributed by atoms with Crippen LogP contribution in [0, 0.1) is 12.8 Å². The van der Waals surface area contributed by atoms with Gasteiger partial charge in [-0.15, -0.1) is 0 Å². The summed E-state index contributed by atoms with van der Waals surface area (Å²) in [6.45, 7) is 7.18. The molecule has 11 heteroatoms. The Kier molecular flexibility index (Phi) is 7.61. The molecule has 4 heterocycles. The molecule has 2 bridgehead atoms. The van der Waals surface area contributed by atoms with Crippen molar-refractivity contribution in [3.63, 3.8) is 0 Å². The number of hydrogen-bond donors (Lipinski definition) is 3. The lowest BCUT2D eigenvalue weighted by atomic mass is 9.70. The van der Waals surface area contributed by atoms with Crippen LogP contribution in [0.25, 0.3) is 0 Å². The minimum atomic E-state index is -1.68. The fourth-order valence-electron chi connectivity index (χ4n) is 8.04. The summed E-state index contributed by atoms with van der Waals surface area (Å²) in [7, 11) is 0. The molecule has 252 valence electrons. The van der Waals surface area contributed by atoms with E-state index in [-0.39, 0.29) is 69.2 Å². The second-order valence-corrected chi connectivity index (χ2v) is 13.7. The van der Waals surface area contributed by atoms with Crippen LogP contribution in [0.3, 0.4) is 0 Å². The van der Waals surface area contributed by atoms with Gasteiger partial charge in [-0.05, 0) is 51.7 Å². The first-order valence-electron chi connectivity index (χ1n) is 16.4. The van der Waals surface area contributed by atoms with Gasteiger partial charge in [0, 0.05) is 61.1 Å². The van der Waals surface area contributed by atoms with Gasteiger partial charge in [-0.2, -0.15) is 0 Å². The number of allylic oxidation sites excluding steroid dienone is 4. The number of nitrogens with one attached hydrogen (secondary N) is 1. The van der Waals surface area contributed by atoms with Crippen LogP contribution in [0.15, 0.2) is 76.4 Å². The third kappa shape index (κ3) is 4.98. The number of amides is 1. The zero-order chi connectivity index (χ0) is 34.9. The summed E-state index contributed by atoms with van der Waals surface area (Å²) in [5.74, 6) is -3.03. The van der Waals surface area contributed by atoms with Crippen molar-refractivity contribution >= 4 is 23.3 Å². The molecule has 7 rings (SSSR count). The number of aromatic hydroxyl groups is 2. The minimum Gasteiger partial charge on any atom is -0.507 e. The molecule has 0 radical (unpaired) electrons. The fraction of sp³-hybridized carbons (Fsp3) is 0.342. The summed E-state index contributed by atoms with van der Waals surface area (Å²) in [5, 5.41) is 25.1. The smallest absolute Gasteiger partial charge is 0.250 e. The largest absolute Gasteiger partial charge is 0.507 e. The number of ether oxygens (including phenoxy) is 1. The number of phenols is 2. The van der Waals surface area contributed by atoms with Gasteiger partial charge in [-0.3, -0.25) is 24.0 Å². The molecule has 11 nitrogen and oxygen atoms in total. The standard InChI is InChI=1S/C38H37N3O8/c1-19-33(45)31(21(3)42)35-32(34(19)46)38(4)28(49-35)15-27(43)30(36(38)47)20(2)39-25(14-22-9-6-5-7-10-22)37(48)40-16-23-13-24(18-40)26-11-8-12-29(44)41(26)17-23/h5-12,15,23-25,39,45-46H,13-14,16-18H2,1-4H3/b30-20+/t23-,24+,25+,38+/m0/s1. The minimum absolute atomic E-state index is 0.00166. The van der Waals surface area contributed by atoms with Crippen molar-refractivity contribution in [1.82, 2.24) is 14.8 Å². The van der Waals surface area contributed by atoms with Gasteiger partial charge in [0.2, 0.25) is 5.91 Å². The van der Waals surface area contributed by atoms with Gasteiger partial charge in [-0.1, -0.05) is 36.4 Å². The van der Waals surface area contributed by atoms with Crippen LogP contribution in [-0.2, 0) is 32.8 Å². The summed E-state index contributed by atoms with van der Waals surface area (Å²) < 4.78 is 7.70. The van der Waals surface area contributed by atoms with Crippen LogP contribution in [0.2, 0.25) is 0 Å². The van der Waals surface area contributed by atoms with Gasteiger partial charge in [0.1, 0.15) is 40.0 Å². The van der Waals surface area contributed by atoms with E-state index in [1.165, 1.54) is 20.8 Å². The monoisotopic (exact) mass is 663 g/mol. The lowest BCUT2D eigenvalue weighted by Gasteiger charge is -2.43. The summed E-state index contributed by atoms with van der Waals surface area (Å²) >= 11 is 0. The Morgan fingerprint density at radius 3 is 2.45 bits per heavy atom. The van der Waals surface area contributed by atoms with Crippen LogP contribution in [0.4, 0.5) is 0 Å². The number of aromatic nitrogens is 1. The molecule has 1 amide bonds. The highest BCUT2D eigenvalue weighted by Gasteiger charge is 2.56. The molecule has 4 aliphatic rings. The van der Waals surface area contributed by atoms with Gasteiger partial charge < -0.3 is 29.7 Å². The van der Waals surface area contributed by atoms with Crippen LogP contribution in [0.5, 0.6) is 17.2 Å². The average Bonchev–Trinajstić information content (AvgIpc) is 3.36. The number of piperidine rings is 1. The van der Waals surface area contributed by atoms with E-state index in [2.05, 4.69) is 5.32 Å². The maximum atomic E-state index is 14.4. The summed E-state index contributed by atoms with van der Waals surface area (Å²) in [4.78, 5) is 69.4. The molecule has 1 fully saturated rings. The van der Waals surface area contributed by atoms with Crippen molar-refractivity contribution in [2.45, 2.75) is 64.5 Å². The van der Waals surface area contributed by atoms with Crippen molar-refractivity contribution in [2.24, 2.45) is 5.92 Å². The van der Waals surface area contributed by atoms with Crippen LogP contribution in [-0.4, -0.2) is 62.1 Å². The van der Waals surface area contributed by atoms with Crippen molar-refractivity contribution in [3.05, 3.63) is 110 Å². The van der Waals surface area contributed by atoms with Crippen LogP contribution < -0.4 is 15.6 Å². The lowest BCUT2D eigenvalue weighted by Crippen LogP contribution is -2.54. The van der Waals surface area contributed by atoms with E-state index in [0.29, 0.717) is 19.6 Å². The predicted octanol–water partition coefficient (Wildman–Crippen LogP) is 3.58. The average molecular weight is 664 g/mol. The molecule has 0 spiro atoms. The Morgan fingerprint density at radius 1 is 1.00 bits per heavy atom. The predicted molar refractivity (Wildman–Crippen MR) is 178 cm³/mol. The highest BCUT2D eigenvalue weighted by atomic mass is 16.5. The zero-order valence-corrected chi connectivity index (χ0v) is 27.7. The van der Waals surface area contributed by atoms with E-state index in [1.54, 1.807) is 19.1 Å². The van der Waals surface area contributed by atoms with Crippen molar-refractivity contribution < 1.29 is 34.1 Å². The molecule has 4 atom stereocenters. The van der Waals surface area contributed by atoms with E-state index >= 15 is 0 Å². The number of rotatable bonds is 6. The molecule has 1 aromatic heterocycles. The Morgan fingerprint density at radius 2 is 1.73 bits per heavy atom. The number of Topliss-reactive ketones (excluding diaryl/α,β-unsaturated/α-hetero) is 2. The number of hydrogen-bond acceptors (Lipinski definition) is 9. The van der Waals surface area contributed by atoms with Gasteiger partial charge >= 0.3 is 0 Å². The number of benzene rings is 2. The van der Waals surface area contributed by atoms with E-state index in [1.807, 2.05) is 45.9 Å². The highest BCUT2D eigenvalue weighted by Crippen LogP contribution is 2.57. The number of nitrogens with zero attached hydrogens (tertiary/aromatic N) is 2. The van der Waals surface area contributed by atoms with Gasteiger partial charge in [-0.25, -0.2) is 0 Å². The van der Waals surface area contributed by atoms with Crippen LogP contribution >= 0.6 is 0 Å². The summed E-state index contributed by atoms with van der Waals surface area (Å²) in [6, 6.07) is 13.9. The second kappa shape index (κ2) is 11.6. The van der Waals surface area contributed by atoms with Crippen molar-refractivity contribution in [2.75, 3.05) is 13.1 Å². The van der Waals surface area contributed by atoms with E-state index in [9.17, 15) is 34.2 Å². The molecular weight excluding hydrogens is 626 g/mol. The quantitative estimate of drug-likeness (QED) is 0.204. The van der Waals surface area contributed by atoms with E-state index in [0.717, 1.165) is 23.8 Å². The third-order valence-electron chi connectivity index (χ3n) is 10.5. The molecule has 1 aliphatic carbocycles. The topological polar surface area (TPSA) is 155 Å². The molecule has 0 unspecified atom stereocenters. The van der Waals surface area contributed by atoms with E-state index in [4.69, 9.17) is 4.74 Å². The first-order chi connectivity index (χ1) is 23.3. The number of carbonyl (C=O) groups excluding carboxylic acids is 4. The molecule has 3 aromatic rings. The second-order valence-electron chi connectivity index (χ2n) is 13.7. The molecular formula is C38H37N3O8. The normalized spacial score (nSPS) is 23.8. The SMILES string of the molecule is CC(=O)c1c(O)c(C)c(O)c2c1OC1=CC(=O)/C(=C(/C)N[C@H](Cc3ccccc3)C(=O)N3C[C@@H]4C[C@H](C3)c3cccc(=O)n3C4)C(=O)[C@]12C. The van der Waals surface area contributed by atoms with Gasteiger partial charge in [0.05, 0.1) is 11.1 Å². The van der Waals surface area contributed by atoms with Gasteiger partial charge in [0.25, 0.3) is 5.56 Å². The Labute approximate surface area is 282 Å². The zero-order valence-electron chi connectivity index (χ0n) is 27.7. The highest BCUT2D eigenvalue weighted by molar-refractivity contribution is 6.31. The Bertz CT molecular complexity index is 2100. The molecule has 2 aromatic carbocycles. The Balaban J connectivity index is 1.25. The fourth-order valence-corrected chi connectivity index (χ4v) is 8.04. The number of likely N-dealkylation sites (tertiary alicyclic amines) is 1. The van der Waals surface area contributed by atoms with Crippen molar-refractivity contribution in [1.29, 1.82) is 0 Å². The van der Waals surface area contributed by atoms with E-state index < -0.39 is 40.3 Å². The molecule has 3 N–H and O–H groups in total. The number of pyridine rings is 1. The Hall–Kier alpha value is -5.45. The maximum absolute atomic E-state index is 14.4. The number of carbonyl (C=O) groups is 4. The molecule has 1 saturated heterocycles. The third-order valence-corrected chi connectivity index (χ3v) is 10.5. The number of phenolic OH excluding ortho intramolecular Hbond substituents is 2. The first-order valence-corrected chi connectivity index (χ1v) is 16.4. The van der Waals surface area contributed by atoms with Gasteiger partial charge in [0.15, 0.2) is 17.3 Å². The van der Waals surface area contributed by atoms with Crippen molar-refractivity contribution in [3.8, 4) is 17.2 Å². The molecule has 49 heavy (non-hydrogen) atoms.